The molecule has 2 rings (SSSR count). The second-order valence-electron chi connectivity index (χ2n) is 4.06. The van der Waals surface area contributed by atoms with Gasteiger partial charge in [0.1, 0.15) is 4.99 Å². The Hall–Kier alpha value is -0.680. The Morgan fingerprint density at radius 2 is 2.12 bits per heavy atom. The molecule has 1 aliphatic rings. The molecule has 1 aromatic rings. The van der Waals surface area contributed by atoms with Gasteiger partial charge in [0.15, 0.2) is 0 Å². The lowest BCUT2D eigenvalue weighted by Crippen LogP contribution is -2.35. The van der Waals surface area contributed by atoms with Gasteiger partial charge in [-0.15, -0.1) is 0 Å². The van der Waals surface area contributed by atoms with Gasteiger partial charge in [0, 0.05) is 30.2 Å². The Morgan fingerprint density at radius 1 is 1.41 bits per heavy atom. The normalized spacial score (nSPS) is 17.0. The van der Waals surface area contributed by atoms with Crippen LogP contribution >= 0.6 is 23.8 Å². The second kappa shape index (κ2) is 5.78. The third-order valence-electron chi connectivity index (χ3n) is 2.84. The summed E-state index contributed by atoms with van der Waals surface area (Å²) >= 11 is 11.1. The summed E-state index contributed by atoms with van der Waals surface area (Å²) in [7, 11) is 0. The quantitative estimate of drug-likeness (QED) is 0.851. The zero-order chi connectivity index (χ0) is 12.3. The molecule has 0 radical (unpaired) electrons. The smallest absolute Gasteiger partial charge is 0.104 e. The van der Waals surface area contributed by atoms with Crippen LogP contribution in [0.5, 0.6) is 0 Å². The molecular weight excluding hydrogens is 256 g/mol. The molecule has 0 saturated carbocycles. The number of morpholine rings is 1. The van der Waals surface area contributed by atoms with Gasteiger partial charge in [-0.1, -0.05) is 36.0 Å². The molecule has 0 unspecified atom stereocenters. The van der Waals surface area contributed by atoms with Crippen molar-refractivity contribution in [2.24, 2.45) is 5.73 Å². The van der Waals surface area contributed by atoms with E-state index < -0.39 is 0 Å². The summed E-state index contributed by atoms with van der Waals surface area (Å²) in [4.78, 5) is 2.70. The van der Waals surface area contributed by atoms with E-state index >= 15 is 0 Å². The molecule has 0 aromatic heterocycles. The van der Waals surface area contributed by atoms with Crippen LogP contribution in [0.15, 0.2) is 18.2 Å². The van der Waals surface area contributed by atoms with Crippen molar-refractivity contribution in [3.8, 4) is 0 Å². The lowest BCUT2D eigenvalue weighted by Gasteiger charge is -2.26. The lowest BCUT2D eigenvalue weighted by atomic mass is 10.1. The number of halogens is 1. The number of nitrogens with two attached hydrogens (primary N) is 1. The minimum Gasteiger partial charge on any atom is -0.389 e. The standard InChI is InChI=1S/C12H15ClN2OS/c13-11-7-9(12(14)17)1-2-10(11)8-15-3-5-16-6-4-15/h1-2,7H,3-6,8H2,(H2,14,17). The van der Waals surface area contributed by atoms with Gasteiger partial charge >= 0.3 is 0 Å². The van der Waals surface area contributed by atoms with E-state index in [4.69, 9.17) is 34.3 Å². The molecule has 17 heavy (non-hydrogen) atoms. The largest absolute Gasteiger partial charge is 0.389 e. The molecule has 0 spiro atoms. The topological polar surface area (TPSA) is 38.5 Å². The minimum absolute atomic E-state index is 0.379. The molecule has 2 N–H and O–H groups in total. The third-order valence-corrected chi connectivity index (χ3v) is 3.42. The summed E-state index contributed by atoms with van der Waals surface area (Å²) in [5.74, 6) is 0. The monoisotopic (exact) mass is 270 g/mol. The van der Waals surface area contributed by atoms with E-state index in [0.717, 1.165) is 49.0 Å². The average Bonchev–Trinajstić information content (AvgIpc) is 2.33. The van der Waals surface area contributed by atoms with Crippen molar-refractivity contribution in [2.45, 2.75) is 6.54 Å². The first kappa shape index (κ1) is 12.8. The summed E-state index contributed by atoms with van der Waals surface area (Å²) in [6, 6.07) is 5.75. The van der Waals surface area contributed by atoms with E-state index in [-0.39, 0.29) is 0 Å². The van der Waals surface area contributed by atoms with Gasteiger partial charge in [-0.3, -0.25) is 4.90 Å². The van der Waals surface area contributed by atoms with Crippen LogP contribution in [-0.4, -0.2) is 36.2 Å². The number of benzene rings is 1. The fraction of sp³-hybridized carbons (Fsp3) is 0.417. The van der Waals surface area contributed by atoms with Gasteiger partial charge < -0.3 is 10.5 Å². The van der Waals surface area contributed by atoms with E-state index in [1.807, 2.05) is 18.2 Å². The van der Waals surface area contributed by atoms with Crippen LogP contribution < -0.4 is 5.73 Å². The summed E-state index contributed by atoms with van der Waals surface area (Å²) in [6.07, 6.45) is 0. The molecule has 92 valence electrons. The highest BCUT2D eigenvalue weighted by atomic mass is 35.5. The number of thiocarbonyl (C=S) groups is 1. The van der Waals surface area contributed by atoms with Gasteiger partial charge in [-0.2, -0.15) is 0 Å². The Bertz CT molecular complexity index is 419. The number of rotatable bonds is 3. The van der Waals surface area contributed by atoms with Crippen molar-refractivity contribution in [3.05, 3.63) is 34.3 Å². The Labute approximate surface area is 111 Å². The van der Waals surface area contributed by atoms with Crippen LogP contribution in [0.2, 0.25) is 5.02 Å². The predicted octanol–water partition coefficient (Wildman–Crippen LogP) is 1.81. The number of hydrogen-bond acceptors (Lipinski definition) is 3. The SMILES string of the molecule is NC(=S)c1ccc(CN2CCOCC2)c(Cl)c1. The van der Waals surface area contributed by atoms with Crippen molar-refractivity contribution in [2.75, 3.05) is 26.3 Å². The second-order valence-corrected chi connectivity index (χ2v) is 4.91. The van der Waals surface area contributed by atoms with Crippen LogP contribution in [0, 0.1) is 0 Å². The van der Waals surface area contributed by atoms with Gasteiger partial charge in [0.05, 0.1) is 13.2 Å². The number of nitrogens with zero attached hydrogens (tertiary/aromatic N) is 1. The zero-order valence-electron chi connectivity index (χ0n) is 9.49. The molecule has 1 saturated heterocycles. The zero-order valence-corrected chi connectivity index (χ0v) is 11.1. The molecule has 1 heterocycles. The molecule has 0 aliphatic carbocycles. The number of hydrogen-bond donors (Lipinski definition) is 1. The molecule has 1 aliphatic heterocycles. The summed E-state index contributed by atoms with van der Waals surface area (Å²) in [5.41, 5.74) is 7.48. The van der Waals surface area contributed by atoms with Gasteiger partial charge in [-0.25, -0.2) is 0 Å². The van der Waals surface area contributed by atoms with E-state index in [0.29, 0.717) is 4.99 Å². The van der Waals surface area contributed by atoms with Crippen LogP contribution in [0.1, 0.15) is 11.1 Å². The first-order valence-electron chi connectivity index (χ1n) is 5.55. The summed E-state index contributed by atoms with van der Waals surface area (Å²) in [6.45, 7) is 4.34. The predicted molar refractivity (Wildman–Crippen MR) is 73.4 cm³/mol. The summed E-state index contributed by atoms with van der Waals surface area (Å²) in [5, 5.41) is 0.724. The van der Waals surface area contributed by atoms with Crippen LogP contribution in [0.3, 0.4) is 0 Å². The maximum Gasteiger partial charge on any atom is 0.104 e. The third kappa shape index (κ3) is 3.39. The van der Waals surface area contributed by atoms with Gasteiger partial charge in [0.2, 0.25) is 0 Å². The molecule has 0 atom stereocenters. The lowest BCUT2D eigenvalue weighted by molar-refractivity contribution is 0.0342. The highest BCUT2D eigenvalue weighted by molar-refractivity contribution is 7.80. The fourth-order valence-corrected chi connectivity index (χ4v) is 2.20. The Balaban J connectivity index is 2.08. The maximum absolute atomic E-state index is 6.22. The van der Waals surface area contributed by atoms with E-state index in [9.17, 15) is 0 Å². The molecule has 3 nitrogen and oxygen atoms in total. The van der Waals surface area contributed by atoms with E-state index in [1.54, 1.807) is 0 Å². The highest BCUT2D eigenvalue weighted by Gasteiger charge is 2.12. The van der Waals surface area contributed by atoms with Crippen molar-refractivity contribution in [1.82, 2.24) is 4.90 Å². The van der Waals surface area contributed by atoms with E-state index in [1.165, 1.54) is 0 Å². The van der Waals surface area contributed by atoms with E-state index in [2.05, 4.69) is 4.90 Å². The van der Waals surface area contributed by atoms with Crippen molar-refractivity contribution >= 4 is 28.8 Å². The van der Waals surface area contributed by atoms with Gasteiger partial charge in [0.25, 0.3) is 0 Å². The average molecular weight is 271 g/mol. The molecule has 1 aromatic carbocycles. The first-order valence-corrected chi connectivity index (χ1v) is 6.34. The maximum atomic E-state index is 6.22. The van der Waals surface area contributed by atoms with Crippen LogP contribution in [0.25, 0.3) is 0 Å². The van der Waals surface area contributed by atoms with Crippen molar-refractivity contribution < 1.29 is 4.74 Å². The fourth-order valence-electron chi connectivity index (χ4n) is 1.83. The van der Waals surface area contributed by atoms with Crippen molar-refractivity contribution in [3.63, 3.8) is 0 Å². The molecule has 0 amide bonds. The highest BCUT2D eigenvalue weighted by Crippen LogP contribution is 2.20. The molecular formula is C12H15ClN2OS. The minimum atomic E-state index is 0.379. The summed E-state index contributed by atoms with van der Waals surface area (Å²) < 4.78 is 5.31. The Kier molecular flexibility index (Phi) is 4.34. The Morgan fingerprint density at radius 3 is 2.71 bits per heavy atom. The van der Waals surface area contributed by atoms with Gasteiger partial charge in [-0.05, 0) is 11.6 Å². The molecule has 0 bridgehead atoms. The first-order chi connectivity index (χ1) is 8.16. The van der Waals surface area contributed by atoms with Crippen LogP contribution in [-0.2, 0) is 11.3 Å². The molecule has 5 heteroatoms. The van der Waals surface area contributed by atoms with Crippen LogP contribution in [0.4, 0.5) is 0 Å². The van der Waals surface area contributed by atoms with Crippen molar-refractivity contribution in [1.29, 1.82) is 0 Å². The number of ether oxygens (including phenoxy) is 1. The molecule has 1 fully saturated rings.